The number of benzene rings is 1. The van der Waals surface area contributed by atoms with Crippen molar-refractivity contribution in [2.45, 2.75) is 18.2 Å². The third kappa shape index (κ3) is 4.34. The van der Waals surface area contributed by atoms with E-state index < -0.39 is 0 Å². The van der Waals surface area contributed by atoms with Gasteiger partial charge in [0.2, 0.25) is 0 Å². The summed E-state index contributed by atoms with van der Waals surface area (Å²) in [7, 11) is 0. The van der Waals surface area contributed by atoms with E-state index in [9.17, 15) is 4.79 Å². The zero-order valence-electron chi connectivity index (χ0n) is 8.37. The number of hydrogen-bond donors (Lipinski definition) is 0. The molecule has 1 aromatic rings. The first-order valence-electron chi connectivity index (χ1n) is 4.68. The molecule has 0 heterocycles. The summed E-state index contributed by atoms with van der Waals surface area (Å²) >= 11 is 6.68. The Bertz CT molecular complexity index is 322. The Morgan fingerprint density at radius 2 is 2.00 bits per heavy atom. The van der Waals surface area contributed by atoms with Gasteiger partial charge in [-0.3, -0.25) is 4.79 Å². The fourth-order valence-electron chi connectivity index (χ4n) is 1.14. The lowest BCUT2D eigenvalue weighted by Crippen LogP contribution is -2.19. The van der Waals surface area contributed by atoms with Gasteiger partial charge in [0.1, 0.15) is 4.83 Å². The lowest BCUT2D eigenvalue weighted by molar-refractivity contribution is -0.142. The number of halogens is 2. The summed E-state index contributed by atoms with van der Waals surface area (Å²) in [5, 5.41) is 0. The number of esters is 1. The number of hydrogen-bond acceptors (Lipinski definition) is 2. The maximum absolute atomic E-state index is 11.3. The molecule has 0 fully saturated rings. The summed E-state index contributed by atoms with van der Waals surface area (Å²) in [6.07, 6.45) is 0.645. The summed E-state index contributed by atoms with van der Waals surface area (Å²) in [6.45, 7) is 2.22. The van der Waals surface area contributed by atoms with Crippen molar-refractivity contribution in [2.24, 2.45) is 0 Å². The SMILES string of the molecule is CCOC(=O)C(Br)Cc1ccc(Br)cc1. The molecule has 2 nitrogen and oxygen atoms in total. The normalized spacial score (nSPS) is 12.2. The average molecular weight is 336 g/mol. The molecule has 0 aliphatic carbocycles. The smallest absolute Gasteiger partial charge is 0.320 e. The fraction of sp³-hybridized carbons (Fsp3) is 0.364. The van der Waals surface area contributed by atoms with Crippen LogP contribution in [0.3, 0.4) is 0 Å². The zero-order valence-corrected chi connectivity index (χ0v) is 11.5. The van der Waals surface area contributed by atoms with Crippen molar-refractivity contribution >= 4 is 37.8 Å². The lowest BCUT2D eigenvalue weighted by atomic mass is 10.1. The number of carbonyl (C=O) groups is 1. The van der Waals surface area contributed by atoms with Gasteiger partial charge in [0.15, 0.2) is 0 Å². The van der Waals surface area contributed by atoms with E-state index >= 15 is 0 Å². The van der Waals surface area contributed by atoms with E-state index in [1.165, 1.54) is 0 Å². The summed E-state index contributed by atoms with van der Waals surface area (Å²) in [4.78, 5) is 11.1. The Hall–Kier alpha value is -0.350. The van der Waals surface area contributed by atoms with Crippen molar-refractivity contribution in [3.63, 3.8) is 0 Å². The van der Waals surface area contributed by atoms with Crippen molar-refractivity contribution in [3.05, 3.63) is 34.3 Å². The third-order valence-electron chi connectivity index (χ3n) is 1.87. The van der Waals surface area contributed by atoms with Crippen LogP contribution in [0, 0.1) is 0 Å². The van der Waals surface area contributed by atoms with Gasteiger partial charge in [-0.2, -0.15) is 0 Å². The number of carbonyl (C=O) groups excluding carboxylic acids is 1. The van der Waals surface area contributed by atoms with E-state index in [1.54, 1.807) is 6.92 Å². The predicted octanol–water partition coefficient (Wildman–Crippen LogP) is 3.32. The fourth-order valence-corrected chi connectivity index (χ4v) is 1.91. The van der Waals surface area contributed by atoms with Crippen LogP contribution in [0.4, 0.5) is 0 Å². The van der Waals surface area contributed by atoms with Gasteiger partial charge in [0, 0.05) is 4.47 Å². The molecule has 1 aromatic carbocycles. The molecular formula is C11H12Br2O2. The van der Waals surface area contributed by atoms with Gasteiger partial charge in [-0.1, -0.05) is 44.0 Å². The number of alkyl halides is 1. The molecule has 0 aliphatic rings. The Morgan fingerprint density at radius 3 is 2.53 bits per heavy atom. The number of rotatable bonds is 4. The van der Waals surface area contributed by atoms with Crippen molar-refractivity contribution in [2.75, 3.05) is 6.61 Å². The minimum absolute atomic E-state index is 0.208. The second kappa shape index (κ2) is 6.28. The number of ether oxygens (including phenoxy) is 1. The molecule has 0 amide bonds. The standard InChI is InChI=1S/C11H12Br2O2/c1-2-15-11(14)10(13)7-8-3-5-9(12)6-4-8/h3-6,10H,2,7H2,1H3. The highest BCUT2D eigenvalue weighted by Gasteiger charge is 2.16. The van der Waals surface area contributed by atoms with E-state index in [1.807, 2.05) is 24.3 Å². The van der Waals surface area contributed by atoms with Crippen LogP contribution in [0.2, 0.25) is 0 Å². The maximum Gasteiger partial charge on any atom is 0.320 e. The largest absolute Gasteiger partial charge is 0.465 e. The maximum atomic E-state index is 11.3. The van der Waals surface area contributed by atoms with Gasteiger partial charge in [-0.15, -0.1) is 0 Å². The Balaban J connectivity index is 2.54. The molecule has 1 unspecified atom stereocenters. The Labute approximate surface area is 106 Å². The van der Waals surface area contributed by atoms with Gasteiger partial charge in [0.05, 0.1) is 6.61 Å². The van der Waals surface area contributed by atoms with Crippen LogP contribution in [0.1, 0.15) is 12.5 Å². The second-order valence-corrected chi connectivity index (χ2v) is 5.07. The van der Waals surface area contributed by atoms with Crippen LogP contribution >= 0.6 is 31.9 Å². The molecule has 1 rings (SSSR count). The first kappa shape index (κ1) is 12.7. The van der Waals surface area contributed by atoms with Crippen LogP contribution in [0.25, 0.3) is 0 Å². The quantitative estimate of drug-likeness (QED) is 0.623. The molecule has 0 aliphatic heterocycles. The average Bonchev–Trinajstić information content (AvgIpc) is 2.22. The van der Waals surface area contributed by atoms with Crippen LogP contribution < -0.4 is 0 Å². The van der Waals surface area contributed by atoms with Gasteiger partial charge < -0.3 is 4.74 Å². The molecule has 0 bridgehead atoms. The molecule has 0 aromatic heterocycles. The molecule has 0 spiro atoms. The summed E-state index contributed by atoms with van der Waals surface area (Å²) in [5.41, 5.74) is 1.10. The molecule has 0 saturated heterocycles. The molecule has 82 valence electrons. The monoisotopic (exact) mass is 334 g/mol. The van der Waals surface area contributed by atoms with Gasteiger partial charge in [-0.25, -0.2) is 0 Å². The first-order chi connectivity index (χ1) is 7.13. The molecule has 1 atom stereocenters. The molecule has 15 heavy (non-hydrogen) atoms. The molecule has 4 heteroatoms. The first-order valence-corrected chi connectivity index (χ1v) is 6.39. The highest BCUT2D eigenvalue weighted by atomic mass is 79.9. The molecule has 0 saturated carbocycles. The highest BCUT2D eigenvalue weighted by Crippen LogP contribution is 2.15. The molecule has 0 radical (unpaired) electrons. The lowest BCUT2D eigenvalue weighted by Gasteiger charge is -2.08. The zero-order chi connectivity index (χ0) is 11.3. The Kier molecular flexibility index (Phi) is 5.32. The van der Waals surface area contributed by atoms with Crippen LogP contribution in [0.5, 0.6) is 0 Å². The predicted molar refractivity (Wildman–Crippen MR) is 67.2 cm³/mol. The highest BCUT2D eigenvalue weighted by molar-refractivity contribution is 9.10. The van der Waals surface area contributed by atoms with Gasteiger partial charge in [-0.05, 0) is 31.0 Å². The van der Waals surface area contributed by atoms with Crippen LogP contribution in [0.15, 0.2) is 28.7 Å². The second-order valence-electron chi connectivity index (χ2n) is 3.05. The minimum Gasteiger partial charge on any atom is -0.465 e. The topological polar surface area (TPSA) is 26.3 Å². The minimum atomic E-state index is -0.265. The van der Waals surface area contributed by atoms with Crippen molar-refractivity contribution in [1.29, 1.82) is 0 Å². The Morgan fingerprint density at radius 1 is 1.40 bits per heavy atom. The van der Waals surface area contributed by atoms with Crippen LogP contribution in [-0.4, -0.2) is 17.4 Å². The van der Waals surface area contributed by atoms with E-state index in [2.05, 4.69) is 31.9 Å². The molecular weight excluding hydrogens is 324 g/mol. The summed E-state index contributed by atoms with van der Waals surface area (Å²) in [6, 6.07) is 7.88. The van der Waals surface area contributed by atoms with E-state index in [-0.39, 0.29) is 10.8 Å². The van der Waals surface area contributed by atoms with E-state index in [4.69, 9.17) is 4.74 Å². The summed E-state index contributed by atoms with van der Waals surface area (Å²) in [5.74, 6) is -0.208. The third-order valence-corrected chi connectivity index (χ3v) is 3.10. The van der Waals surface area contributed by atoms with Gasteiger partial charge in [0.25, 0.3) is 0 Å². The molecule has 0 N–H and O–H groups in total. The van der Waals surface area contributed by atoms with Gasteiger partial charge >= 0.3 is 5.97 Å². The van der Waals surface area contributed by atoms with E-state index in [0.717, 1.165) is 10.0 Å². The van der Waals surface area contributed by atoms with Crippen molar-refractivity contribution < 1.29 is 9.53 Å². The van der Waals surface area contributed by atoms with Crippen molar-refractivity contribution in [3.8, 4) is 0 Å². The summed E-state index contributed by atoms with van der Waals surface area (Å²) < 4.78 is 5.94. The van der Waals surface area contributed by atoms with Crippen molar-refractivity contribution in [1.82, 2.24) is 0 Å². The van der Waals surface area contributed by atoms with Crippen LogP contribution in [-0.2, 0) is 16.0 Å². The van der Waals surface area contributed by atoms with E-state index in [0.29, 0.717) is 13.0 Å².